The van der Waals surface area contributed by atoms with E-state index in [9.17, 15) is 9.59 Å². The van der Waals surface area contributed by atoms with E-state index in [0.29, 0.717) is 15.2 Å². The van der Waals surface area contributed by atoms with Crippen LogP contribution in [0.25, 0.3) is 0 Å². The van der Waals surface area contributed by atoms with Crippen LogP contribution in [0.1, 0.15) is 19.8 Å². The molecule has 0 aliphatic carbocycles. The summed E-state index contributed by atoms with van der Waals surface area (Å²) in [5, 5.41) is 11.8. The van der Waals surface area contributed by atoms with Crippen LogP contribution in [-0.2, 0) is 9.59 Å². The molecule has 98 valence electrons. The third kappa shape index (κ3) is 4.66. The van der Waals surface area contributed by atoms with Gasteiger partial charge in [-0.3, -0.25) is 9.59 Å². The van der Waals surface area contributed by atoms with Crippen molar-refractivity contribution in [2.75, 3.05) is 5.32 Å². The lowest BCUT2D eigenvalue weighted by molar-refractivity contribution is -0.138. The Morgan fingerprint density at radius 2 is 2.11 bits per heavy atom. The summed E-state index contributed by atoms with van der Waals surface area (Å²) in [5.41, 5.74) is 0.579. The highest BCUT2D eigenvalue weighted by Gasteiger charge is 2.14. The Morgan fingerprint density at radius 3 is 2.72 bits per heavy atom. The van der Waals surface area contributed by atoms with Crippen LogP contribution in [0.5, 0.6) is 0 Å². The van der Waals surface area contributed by atoms with Crippen LogP contribution in [0.4, 0.5) is 5.69 Å². The minimum Gasteiger partial charge on any atom is -0.481 e. The minimum atomic E-state index is -0.903. The van der Waals surface area contributed by atoms with Gasteiger partial charge in [0.25, 0.3) is 0 Å². The van der Waals surface area contributed by atoms with Crippen molar-refractivity contribution in [3.8, 4) is 0 Å². The topological polar surface area (TPSA) is 66.4 Å². The Hall–Kier alpha value is -1.07. The largest absolute Gasteiger partial charge is 0.481 e. The second kappa shape index (κ2) is 6.75. The highest BCUT2D eigenvalue weighted by molar-refractivity contribution is 9.10. The molecular formula is C12H13BrClNO3. The van der Waals surface area contributed by atoms with E-state index in [1.807, 2.05) is 0 Å². The first-order valence-corrected chi connectivity index (χ1v) is 6.53. The molecule has 0 aliphatic heterocycles. The summed E-state index contributed by atoms with van der Waals surface area (Å²) in [4.78, 5) is 22.2. The number of anilines is 1. The summed E-state index contributed by atoms with van der Waals surface area (Å²) in [5.74, 6) is -1.34. The molecule has 0 saturated carbocycles. The second-order valence-electron chi connectivity index (χ2n) is 4.06. The van der Waals surface area contributed by atoms with Gasteiger partial charge >= 0.3 is 5.97 Å². The number of amides is 1. The van der Waals surface area contributed by atoms with Crippen LogP contribution < -0.4 is 5.32 Å². The van der Waals surface area contributed by atoms with E-state index in [1.54, 1.807) is 25.1 Å². The molecule has 4 nitrogen and oxygen atoms in total. The molecule has 1 unspecified atom stereocenters. The summed E-state index contributed by atoms with van der Waals surface area (Å²) in [6.45, 7) is 1.72. The van der Waals surface area contributed by atoms with E-state index in [0.717, 1.165) is 0 Å². The highest BCUT2D eigenvalue weighted by atomic mass is 79.9. The number of hydrogen-bond acceptors (Lipinski definition) is 2. The number of carbonyl (C=O) groups excluding carboxylic acids is 1. The second-order valence-corrected chi connectivity index (χ2v) is 5.26. The molecule has 1 aromatic carbocycles. The van der Waals surface area contributed by atoms with Crippen LogP contribution in [0, 0.1) is 5.92 Å². The summed E-state index contributed by atoms with van der Waals surface area (Å²) in [6.07, 6.45) is 0.134. The number of rotatable bonds is 5. The smallest absolute Gasteiger partial charge is 0.303 e. The lowest BCUT2D eigenvalue weighted by Crippen LogP contribution is -2.17. The van der Waals surface area contributed by atoms with Crippen molar-refractivity contribution < 1.29 is 14.7 Å². The first-order chi connectivity index (χ1) is 8.40. The van der Waals surface area contributed by atoms with Crippen molar-refractivity contribution in [3.63, 3.8) is 0 Å². The standard InChI is InChI=1S/C12H13BrClNO3/c1-7(6-11(17)18)5-10(16)15-9-4-2-3-8(14)12(9)13/h2-4,7H,5-6H2,1H3,(H,15,16)(H,17,18). The molecule has 0 aliphatic rings. The van der Waals surface area contributed by atoms with Crippen molar-refractivity contribution in [3.05, 3.63) is 27.7 Å². The first-order valence-electron chi connectivity index (χ1n) is 5.35. The van der Waals surface area contributed by atoms with Crippen molar-refractivity contribution in [1.82, 2.24) is 0 Å². The number of aliphatic carboxylic acids is 1. The number of carboxylic acids is 1. The Labute approximate surface area is 118 Å². The average molecular weight is 335 g/mol. The van der Waals surface area contributed by atoms with Gasteiger partial charge in [0.1, 0.15) is 0 Å². The third-order valence-corrected chi connectivity index (χ3v) is 3.68. The van der Waals surface area contributed by atoms with Crippen LogP contribution >= 0.6 is 27.5 Å². The molecule has 1 aromatic rings. The molecule has 6 heteroatoms. The van der Waals surface area contributed by atoms with Gasteiger partial charge in [0.05, 0.1) is 15.2 Å². The predicted molar refractivity (Wildman–Crippen MR) is 73.8 cm³/mol. The maximum atomic E-state index is 11.7. The molecule has 0 spiro atoms. The number of benzene rings is 1. The Morgan fingerprint density at radius 1 is 1.44 bits per heavy atom. The average Bonchev–Trinajstić information content (AvgIpc) is 2.23. The molecule has 1 rings (SSSR count). The van der Waals surface area contributed by atoms with Crippen LogP contribution in [-0.4, -0.2) is 17.0 Å². The van der Waals surface area contributed by atoms with Crippen molar-refractivity contribution in [2.24, 2.45) is 5.92 Å². The zero-order chi connectivity index (χ0) is 13.7. The van der Waals surface area contributed by atoms with Crippen LogP contribution in [0.15, 0.2) is 22.7 Å². The number of carbonyl (C=O) groups is 2. The summed E-state index contributed by atoms with van der Waals surface area (Å²) in [7, 11) is 0. The lowest BCUT2D eigenvalue weighted by atomic mass is 10.0. The van der Waals surface area contributed by atoms with Crippen LogP contribution in [0.3, 0.4) is 0 Å². The fraction of sp³-hybridized carbons (Fsp3) is 0.333. The van der Waals surface area contributed by atoms with E-state index < -0.39 is 5.97 Å². The monoisotopic (exact) mass is 333 g/mol. The van der Waals surface area contributed by atoms with E-state index in [1.165, 1.54) is 0 Å². The molecular weight excluding hydrogens is 321 g/mol. The number of halogens is 2. The number of hydrogen-bond donors (Lipinski definition) is 2. The molecule has 0 fully saturated rings. The Kier molecular flexibility index (Phi) is 5.62. The summed E-state index contributed by atoms with van der Waals surface area (Å²) < 4.78 is 0.617. The predicted octanol–water partition coefficient (Wildman–Crippen LogP) is 3.54. The van der Waals surface area contributed by atoms with Gasteiger partial charge in [-0.15, -0.1) is 0 Å². The van der Waals surface area contributed by atoms with Gasteiger partial charge in [-0.05, 0) is 34.0 Å². The van der Waals surface area contributed by atoms with Crippen LogP contribution in [0.2, 0.25) is 5.02 Å². The number of carboxylic acid groups (broad SMARTS) is 1. The van der Waals surface area contributed by atoms with E-state index in [4.69, 9.17) is 16.7 Å². The fourth-order valence-electron chi connectivity index (χ4n) is 1.49. The Bertz CT molecular complexity index is 465. The first kappa shape index (κ1) is 15.0. The third-order valence-electron chi connectivity index (χ3n) is 2.28. The van der Waals surface area contributed by atoms with Gasteiger partial charge in [-0.2, -0.15) is 0 Å². The van der Waals surface area contributed by atoms with E-state index in [-0.39, 0.29) is 24.7 Å². The summed E-state index contributed by atoms with van der Waals surface area (Å²) in [6, 6.07) is 5.15. The molecule has 0 radical (unpaired) electrons. The van der Waals surface area contributed by atoms with Crippen molar-refractivity contribution in [2.45, 2.75) is 19.8 Å². The molecule has 0 aromatic heterocycles. The van der Waals surface area contributed by atoms with Gasteiger partial charge in [-0.25, -0.2) is 0 Å². The van der Waals surface area contributed by atoms with Gasteiger partial charge in [0, 0.05) is 12.8 Å². The van der Waals surface area contributed by atoms with Gasteiger partial charge < -0.3 is 10.4 Å². The lowest BCUT2D eigenvalue weighted by Gasteiger charge is -2.11. The maximum absolute atomic E-state index is 11.7. The zero-order valence-electron chi connectivity index (χ0n) is 9.74. The molecule has 0 saturated heterocycles. The van der Waals surface area contributed by atoms with Crippen molar-refractivity contribution in [1.29, 1.82) is 0 Å². The normalized spacial score (nSPS) is 11.9. The zero-order valence-corrected chi connectivity index (χ0v) is 12.1. The molecule has 1 amide bonds. The van der Waals surface area contributed by atoms with E-state index in [2.05, 4.69) is 21.2 Å². The highest BCUT2D eigenvalue weighted by Crippen LogP contribution is 2.30. The summed E-state index contributed by atoms with van der Waals surface area (Å²) >= 11 is 9.17. The molecule has 0 bridgehead atoms. The molecule has 1 atom stereocenters. The number of nitrogens with one attached hydrogen (secondary N) is 1. The molecule has 18 heavy (non-hydrogen) atoms. The van der Waals surface area contributed by atoms with Gasteiger partial charge in [0.15, 0.2) is 0 Å². The van der Waals surface area contributed by atoms with Crippen molar-refractivity contribution >= 4 is 45.1 Å². The van der Waals surface area contributed by atoms with Gasteiger partial charge in [-0.1, -0.05) is 24.6 Å². The quantitative estimate of drug-likeness (QED) is 0.865. The van der Waals surface area contributed by atoms with E-state index >= 15 is 0 Å². The molecule has 2 N–H and O–H groups in total. The Balaban J connectivity index is 2.59. The maximum Gasteiger partial charge on any atom is 0.303 e. The SMILES string of the molecule is CC(CC(=O)O)CC(=O)Nc1cccc(Cl)c1Br. The fourth-order valence-corrected chi connectivity index (χ4v) is 2.03. The minimum absolute atomic E-state index is 0.0237. The van der Waals surface area contributed by atoms with Gasteiger partial charge in [0.2, 0.25) is 5.91 Å². The molecule has 0 heterocycles.